The number of nitrogens with one attached hydrogen (secondary N) is 6. The Bertz CT molecular complexity index is 4840. The number of fused-ring (bicyclic) bond motifs is 3. The van der Waals surface area contributed by atoms with Gasteiger partial charge in [-0.05, 0) is 131 Å². The van der Waals surface area contributed by atoms with Crippen LogP contribution in [0.15, 0.2) is 197 Å². The number of hydrogen-bond acceptors (Lipinski definition) is 12. The second-order valence-electron chi connectivity index (χ2n) is 27.0. The fourth-order valence-electron chi connectivity index (χ4n) is 14.1. The maximum atomic E-state index is 13.4. The highest BCUT2D eigenvalue weighted by molar-refractivity contribution is 9.09. The molecule has 6 aromatic heterocycles. The zero-order chi connectivity index (χ0) is 69.2. The van der Waals surface area contributed by atoms with Gasteiger partial charge in [0, 0.05) is 73.3 Å². The number of hydrogen-bond donors (Lipinski definition) is 6. The first-order valence-electron chi connectivity index (χ1n) is 35.4. The van der Waals surface area contributed by atoms with Gasteiger partial charge < -0.3 is 16.0 Å². The summed E-state index contributed by atoms with van der Waals surface area (Å²) >= 11 is 3.59. The lowest BCUT2D eigenvalue weighted by molar-refractivity contribution is 0.101. The van der Waals surface area contributed by atoms with E-state index < -0.39 is 0 Å². The number of benzene rings is 6. The van der Waals surface area contributed by atoms with Crippen molar-refractivity contribution < 1.29 is 14.4 Å². The van der Waals surface area contributed by atoms with Crippen molar-refractivity contribution in [3.8, 4) is 33.8 Å². The third-order valence-corrected chi connectivity index (χ3v) is 20.8. The Balaban J connectivity index is 0.000000122. The quantitative estimate of drug-likeness (QED) is 0.0555. The fraction of sp³-hybridized carbons (Fsp3) is 0.316. The molecule has 0 atom stereocenters. The van der Waals surface area contributed by atoms with Crippen LogP contribution in [0.25, 0.3) is 66.1 Å². The van der Waals surface area contributed by atoms with E-state index in [1.54, 1.807) is 35.4 Å². The SMILES string of the molecule is BrC1CCCCC1.O=C(Nc1ccc(-c2n[nH]c(=O)c3ccccc23)cc1)c1cnn(C2CCCCC2)c1.O=C(Nc1ccc(-c2n[nH]c(=O)c3ccccc23)cc1)c1cnn(C2CCCCC2)c1.O=C(Nc1ccc(-c2nn(C(C3CC3)C3CC3)c(=O)c3ccccc23)cc1)c1cn[nH]c1. The molecule has 5 fully saturated rings. The highest BCUT2D eigenvalue weighted by Crippen LogP contribution is 2.51. The Kier molecular flexibility index (Phi) is 20.8. The van der Waals surface area contributed by atoms with Crippen molar-refractivity contribution in [3.05, 3.63) is 231 Å². The molecule has 0 bridgehead atoms. The second-order valence-corrected chi connectivity index (χ2v) is 28.3. The first-order chi connectivity index (χ1) is 49.5. The van der Waals surface area contributed by atoms with Crippen LogP contribution in [0.3, 0.4) is 0 Å². The van der Waals surface area contributed by atoms with Gasteiger partial charge in [0.15, 0.2) is 0 Å². The van der Waals surface area contributed by atoms with Gasteiger partial charge in [-0.3, -0.25) is 43.2 Å². The molecule has 22 heteroatoms. The minimum atomic E-state index is -0.222. The first kappa shape index (κ1) is 67.4. The average Bonchev–Trinajstić information content (AvgIpc) is 1.69. The standard InChI is InChI=1S/C25H23N5O2.2C24H23N5O2.C6H11Br/c31-24(18-13-26-27-14-18)28-19-11-9-15(10-12-19)22-20-3-1-2-4-21(20)25(32)30(29-22)23(16-5-6-16)17-7-8-17;2*30-23(17-14-25-29(15-17)19-6-2-1-3-7-19)26-18-12-10-16(11-13-18)22-20-8-4-5-9-21(20)24(31)28-27-22;7-6-4-2-1-3-5-6/h1-4,9-14,16-17,23H,5-8H2,(H,26,27)(H,28,31);2*4-5,8-15,19H,1-3,6-7H2,(H,26,30)(H,28,31);6H,1-5H2. The molecular formula is C79H80BrN15O6. The van der Waals surface area contributed by atoms with Crippen LogP contribution in [0, 0.1) is 11.8 Å². The third kappa shape index (κ3) is 16.1. The predicted molar refractivity (Wildman–Crippen MR) is 398 cm³/mol. The van der Waals surface area contributed by atoms with E-state index in [0.717, 1.165) is 69.1 Å². The molecule has 5 aliphatic rings. The molecule has 0 radical (unpaired) electrons. The molecule has 6 heterocycles. The van der Waals surface area contributed by atoms with Crippen molar-refractivity contribution in [3.63, 3.8) is 0 Å². The van der Waals surface area contributed by atoms with Gasteiger partial charge in [-0.15, -0.1) is 0 Å². The monoisotopic (exact) mass is 1410 g/mol. The van der Waals surface area contributed by atoms with Crippen LogP contribution in [0.4, 0.5) is 17.1 Å². The summed E-state index contributed by atoms with van der Waals surface area (Å²) < 4.78 is 5.65. The lowest BCUT2D eigenvalue weighted by atomic mass is 9.96. The van der Waals surface area contributed by atoms with Gasteiger partial charge in [-0.25, -0.2) is 14.9 Å². The van der Waals surface area contributed by atoms with E-state index in [0.29, 0.717) is 85.2 Å². The smallest absolute Gasteiger partial charge is 0.274 e. The normalized spacial score (nSPS) is 15.7. The molecule has 0 aliphatic heterocycles. The largest absolute Gasteiger partial charge is 0.322 e. The molecule has 5 saturated carbocycles. The van der Waals surface area contributed by atoms with Gasteiger partial charge in [0.1, 0.15) is 0 Å². The molecular weight excluding hydrogens is 1330 g/mol. The van der Waals surface area contributed by atoms with Gasteiger partial charge in [0.05, 0.1) is 86.6 Å². The van der Waals surface area contributed by atoms with E-state index in [9.17, 15) is 28.8 Å². The summed E-state index contributed by atoms with van der Waals surface area (Å²) in [4.78, 5) is 75.8. The lowest BCUT2D eigenvalue weighted by Gasteiger charge is -2.21. The van der Waals surface area contributed by atoms with Gasteiger partial charge in [-0.1, -0.05) is 165 Å². The maximum Gasteiger partial charge on any atom is 0.274 e. The lowest BCUT2D eigenvalue weighted by Crippen LogP contribution is -2.30. The van der Waals surface area contributed by atoms with E-state index in [1.165, 1.54) is 103 Å². The van der Waals surface area contributed by atoms with Crippen molar-refractivity contribution in [2.24, 2.45) is 11.8 Å². The molecule has 12 aromatic rings. The van der Waals surface area contributed by atoms with E-state index >= 15 is 0 Å². The molecule has 0 saturated heterocycles. The Hall–Kier alpha value is -10.7. The van der Waals surface area contributed by atoms with Crippen LogP contribution in [0.2, 0.25) is 0 Å². The molecule has 101 heavy (non-hydrogen) atoms. The third-order valence-electron chi connectivity index (χ3n) is 19.9. The number of carbonyl (C=O) groups is 3. The highest BCUT2D eigenvalue weighted by Gasteiger charge is 2.44. The van der Waals surface area contributed by atoms with Crippen LogP contribution in [-0.2, 0) is 0 Å². The number of nitrogens with zero attached hydrogens (tertiary/aromatic N) is 9. The molecule has 0 unspecified atom stereocenters. The summed E-state index contributed by atoms with van der Waals surface area (Å²) in [6, 6.07) is 45.9. The Morgan fingerprint density at radius 3 is 1.19 bits per heavy atom. The van der Waals surface area contributed by atoms with Crippen LogP contribution in [0.1, 0.15) is 171 Å². The van der Waals surface area contributed by atoms with Crippen molar-refractivity contribution in [1.29, 1.82) is 0 Å². The molecule has 514 valence electrons. The number of aromatic amines is 3. The number of halogens is 1. The number of H-pyrrole nitrogens is 3. The number of carbonyl (C=O) groups excluding carboxylic acids is 3. The minimum absolute atomic E-state index is 0.0112. The van der Waals surface area contributed by atoms with Crippen LogP contribution >= 0.6 is 15.9 Å². The van der Waals surface area contributed by atoms with Gasteiger partial charge in [0.2, 0.25) is 0 Å². The van der Waals surface area contributed by atoms with Crippen molar-refractivity contribution in [2.75, 3.05) is 16.0 Å². The molecule has 21 nitrogen and oxygen atoms in total. The van der Waals surface area contributed by atoms with Crippen molar-refractivity contribution in [1.82, 2.24) is 59.9 Å². The summed E-state index contributed by atoms with van der Waals surface area (Å²) in [5, 5.41) is 46.8. The maximum absolute atomic E-state index is 13.4. The first-order valence-corrected chi connectivity index (χ1v) is 36.3. The molecule has 3 amide bonds. The number of alkyl halides is 1. The Morgan fingerprint density at radius 2 is 0.802 bits per heavy atom. The minimum Gasteiger partial charge on any atom is -0.322 e. The average molecular weight is 1420 g/mol. The molecule has 17 rings (SSSR count). The van der Waals surface area contributed by atoms with E-state index in [4.69, 9.17) is 5.10 Å². The number of amides is 3. The zero-order valence-electron chi connectivity index (χ0n) is 56.1. The number of anilines is 3. The summed E-state index contributed by atoms with van der Waals surface area (Å²) in [6.45, 7) is 0. The summed E-state index contributed by atoms with van der Waals surface area (Å²) in [5.41, 5.74) is 8.07. The van der Waals surface area contributed by atoms with Crippen LogP contribution in [0.5, 0.6) is 0 Å². The van der Waals surface area contributed by atoms with E-state index in [1.807, 2.05) is 155 Å². The summed E-state index contributed by atoms with van der Waals surface area (Å²) in [5.74, 6) is 0.564. The molecule has 6 N–H and O–H groups in total. The predicted octanol–water partition coefficient (Wildman–Crippen LogP) is 16.2. The Morgan fingerprint density at radius 1 is 0.426 bits per heavy atom. The van der Waals surface area contributed by atoms with Crippen molar-refractivity contribution >= 4 is 83.0 Å². The molecule has 5 aliphatic carbocycles. The number of rotatable bonds is 14. The van der Waals surface area contributed by atoms with Crippen molar-refractivity contribution in [2.45, 2.75) is 145 Å². The summed E-state index contributed by atoms with van der Waals surface area (Å²) in [6.07, 6.45) is 33.8. The zero-order valence-corrected chi connectivity index (χ0v) is 57.7. The highest BCUT2D eigenvalue weighted by atomic mass is 79.9. The van der Waals surface area contributed by atoms with Gasteiger partial charge in [-0.2, -0.15) is 30.6 Å². The van der Waals surface area contributed by atoms with Gasteiger partial charge in [0.25, 0.3) is 34.4 Å². The van der Waals surface area contributed by atoms with E-state index in [-0.39, 0.29) is 40.4 Å². The van der Waals surface area contributed by atoms with Crippen LogP contribution < -0.4 is 32.6 Å². The molecule has 0 spiro atoms. The van der Waals surface area contributed by atoms with Crippen LogP contribution in [-0.4, -0.2) is 82.5 Å². The fourth-order valence-corrected chi connectivity index (χ4v) is 14.8. The van der Waals surface area contributed by atoms with E-state index in [2.05, 4.69) is 72.7 Å². The molecule has 6 aromatic carbocycles. The topological polar surface area (TPSA) is 278 Å². The number of aromatic nitrogens is 12. The Labute approximate surface area is 591 Å². The van der Waals surface area contributed by atoms with Gasteiger partial charge >= 0.3 is 0 Å². The second kappa shape index (κ2) is 31.2. The summed E-state index contributed by atoms with van der Waals surface area (Å²) in [7, 11) is 0.